The van der Waals surface area contributed by atoms with Crippen molar-refractivity contribution in [3.63, 3.8) is 0 Å². The zero-order valence-electron chi connectivity index (χ0n) is 15.8. The fourth-order valence-electron chi connectivity index (χ4n) is 3.17. The minimum Gasteiger partial charge on any atom is -0.396 e. The van der Waals surface area contributed by atoms with Gasteiger partial charge in [-0.1, -0.05) is 23.5 Å². The van der Waals surface area contributed by atoms with Crippen LogP contribution in [0.3, 0.4) is 0 Å². The molecule has 0 spiro atoms. The van der Waals surface area contributed by atoms with Gasteiger partial charge in [0, 0.05) is 38.3 Å². The fourth-order valence-corrected chi connectivity index (χ4v) is 4.07. The molecule has 1 aromatic carbocycles. The van der Waals surface area contributed by atoms with Crippen LogP contribution in [0.15, 0.2) is 29.3 Å². The van der Waals surface area contributed by atoms with Crippen LogP contribution in [0, 0.1) is 5.41 Å². The van der Waals surface area contributed by atoms with Gasteiger partial charge in [-0.2, -0.15) is 0 Å². The first kappa shape index (κ1) is 19.9. The number of thiazole rings is 1. The summed E-state index contributed by atoms with van der Waals surface area (Å²) in [4.78, 5) is 9.31. The van der Waals surface area contributed by atoms with Crippen LogP contribution in [0.25, 0.3) is 10.2 Å². The molecule has 27 heavy (non-hydrogen) atoms. The van der Waals surface area contributed by atoms with Gasteiger partial charge in [0.1, 0.15) is 0 Å². The van der Waals surface area contributed by atoms with Crippen molar-refractivity contribution in [2.24, 2.45) is 10.4 Å². The lowest BCUT2D eigenvalue weighted by atomic mass is 9.84. The van der Waals surface area contributed by atoms with E-state index in [1.165, 1.54) is 4.70 Å². The van der Waals surface area contributed by atoms with Gasteiger partial charge >= 0.3 is 0 Å². The van der Waals surface area contributed by atoms with Gasteiger partial charge in [-0.15, -0.1) is 0 Å². The minimum atomic E-state index is -0.0314. The summed E-state index contributed by atoms with van der Waals surface area (Å²) in [5.74, 6) is 0.799. The molecule has 7 nitrogen and oxygen atoms in total. The van der Waals surface area contributed by atoms with Gasteiger partial charge in [0.25, 0.3) is 0 Å². The number of para-hydroxylation sites is 1. The van der Waals surface area contributed by atoms with E-state index in [0.29, 0.717) is 13.2 Å². The second kappa shape index (κ2) is 9.87. The Bertz CT molecular complexity index is 710. The second-order valence-corrected chi connectivity index (χ2v) is 7.84. The molecule has 8 heteroatoms. The number of nitrogens with one attached hydrogen (secondary N) is 3. The third kappa shape index (κ3) is 5.54. The second-order valence-electron chi connectivity index (χ2n) is 6.81. The molecule has 2 aromatic rings. The standard InChI is InChI=1S/C19H29N5O2S/c1-2-20-17(23-13-19(7-11-25)8-12-26-14-19)21-9-10-22-18-24-15-5-3-4-6-16(15)27-18/h3-6,25H,2,7-14H2,1H3,(H,22,24)(H2,20,21,23). The summed E-state index contributed by atoms with van der Waals surface area (Å²) in [6.07, 6.45) is 1.69. The maximum Gasteiger partial charge on any atom is 0.191 e. The van der Waals surface area contributed by atoms with Gasteiger partial charge in [0.05, 0.1) is 23.4 Å². The number of fused-ring (bicyclic) bond motifs is 1. The van der Waals surface area contributed by atoms with E-state index in [2.05, 4.69) is 33.9 Å². The normalized spacial score (nSPS) is 20.1. The molecule has 1 aliphatic heterocycles. The molecule has 1 fully saturated rings. The van der Waals surface area contributed by atoms with Crippen LogP contribution in [0.2, 0.25) is 0 Å². The van der Waals surface area contributed by atoms with Crippen LogP contribution in [0.4, 0.5) is 5.13 Å². The van der Waals surface area contributed by atoms with Crippen molar-refractivity contribution in [2.45, 2.75) is 19.8 Å². The van der Waals surface area contributed by atoms with Crippen LogP contribution in [-0.2, 0) is 4.74 Å². The summed E-state index contributed by atoms with van der Waals surface area (Å²) in [5.41, 5.74) is 0.997. The summed E-state index contributed by atoms with van der Waals surface area (Å²) in [6, 6.07) is 8.15. The maximum absolute atomic E-state index is 9.35. The molecule has 0 saturated carbocycles. The Balaban J connectivity index is 1.48. The number of nitrogens with zero attached hydrogens (tertiary/aromatic N) is 2. The molecule has 1 saturated heterocycles. The Labute approximate surface area is 164 Å². The average Bonchev–Trinajstić information content (AvgIpc) is 3.30. The molecule has 0 radical (unpaired) electrons. The van der Waals surface area contributed by atoms with Gasteiger partial charge in [-0.3, -0.25) is 4.99 Å². The lowest BCUT2D eigenvalue weighted by Crippen LogP contribution is -2.40. The van der Waals surface area contributed by atoms with Crippen molar-refractivity contribution in [3.8, 4) is 0 Å². The van der Waals surface area contributed by atoms with Crippen LogP contribution in [-0.4, -0.2) is 62.0 Å². The largest absolute Gasteiger partial charge is 0.396 e. The maximum atomic E-state index is 9.35. The van der Waals surface area contributed by atoms with Gasteiger partial charge < -0.3 is 25.8 Å². The smallest absolute Gasteiger partial charge is 0.191 e. The molecule has 1 atom stereocenters. The highest BCUT2D eigenvalue weighted by molar-refractivity contribution is 7.22. The third-order valence-corrected chi connectivity index (χ3v) is 5.73. The van der Waals surface area contributed by atoms with Crippen molar-refractivity contribution in [1.29, 1.82) is 0 Å². The Morgan fingerprint density at radius 1 is 1.33 bits per heavy atom. The number of hydrogen-bond donors (Lipinski definition) is 4. The number of hydrogen-bond acceptors (Lipinski definition) is 6. The Morgan fingerprint density at radius 3 is 2.96 bits per heavy atom. The number of guanidine groups is 1. The molecule has 3 rings (SSSR count). The molecular formula is C19H29N5O2S. The first-order valence-electron chi connectivity index (χ1n) is 9.55. The van der Waals surface area contributed by atoms with Gasteiger partial charge in [0.15, 0.2) is 11.1 Å². The third-order valence-electron chi connectivity index (χ3n) is 4.73. The zero-order valence-corrected chi connectivity index (χ0v) is 16.6. The van der Waals surface area contributed by atoms with Gasteiger partial charge in [0.2, 0.25) is 0 Å². The van der Waals surface area contributed by atoms with Crippen molar-refractivity contribution in [2.75, 3.05) is 51.3 Å². The number of rotatable bonds is 9. The van der Waals surface area contributed by atoms with E-state index in [1.54, 1.807) is 11.3 Å². The van der Waals surface area contributed by atoms with E-state index in [0.717, 1.165) is 55.7 Å². The SMILES string of the molecule is CCNC(=NCC1(CCO)CCOC1)NCCNc1nc2ccccc2s1. The van der Waals surface area contributed by atoms with Crippen molar-refractivity contribution >= 4 is 32.6 Å². The number of ether oxygens (including phenoxy) is 1. The Morgan fingerprint density at radius 2 is 2.22 bits per heavy atom. The molecule has 0 aliphatic carbocycles. The summed E-state index contributed by atoms with van der Waals surface area (Å²) >= 11 is 1.66. The highest BCUT2D eigenvalue weighted by Gasteiger charge is 2.34. The van der Waals surface area contributed by atoms with E-state index < -0.39 is 0 Å². The van der Waals surface area contributed by atoms with Crippen LogP contribution in [0.1, 0.15) is 19.8 Å². The fraction of sp³-hybridized carbons (Fsp3) is 0.579. The van der Waals surface area contributed by atoms with Crippen molar-refractivity contribution < 1.29 is 9.84 Å². The number of aliphatic hydroxyl groups is 1. The van der Waals surface area contributed by atoms with Gasteiger partial charge in [-0.25, -0.2) is 4.98 Å². The summed E-state index contributed by atoms with van der Waals surface area (Å²) in [7, 11) is 0. The van der Waals surface area contributed by atoms with Crippen LogP contribution < -0.4 is 16.0 Å². The number of aromatic nitrogens is 1. The van der Waals surface area contributed by atoms with E-state index in [-0.39, 0.29) is 12.0 Å². The monoisotopic (exact) mass is 391 g/mol. The van der Waals surface area contributed by atoms with E-state index in [4.69, 9.17) is 9.73 Å². The van der Waals surface area contributed by atoms with E-state index in [1.807, 2.05) is 18.2 Å². The quantitative estimate of drug-likeness (QED) is 0.297. The first-order valence-corrected chi connectivity index (χ1v) is 10.4. The summed E-state index contributed by atoms with van der Waals surface area (Å²) in [5, 5.41) is 20.3. The summed E-state index contributed by atoms with van der Waals surface area (Å²) in [6.45, 7) is 6.63. The Hall–Kier alpha value is -1.90. The highest BCUT2D eigenvalue weighted by Crippen LogP contribution is 2.32. The number of aliphatic hydroxyl groups excluding tert-OH is 1. The van der Waals surface area contributed by atoms with E-state index >= 15 is 0 Å². The molecule has 1 aromatic heterocycles. The molecular weight excluding hydrogens is 362 g/mol. The molecule has 2 heterocycles. The highest BCUT2D eigenvalue weighted by atomic mass is 32.1. The zero-order chi connectivity index (χ0) is 19.0. The van der Waals surface area contributed by atoms with Crippen molar-refractivity contribution in [1.82, 2.24) is 15.6 Å². The first-order chi connectivity index (χ1) is 13.2. The lowest BCUT2D eigenvalue weighted by Gasteiger charge is -2.24. The summed E-state index contributed by atoms with van der Waals surface area (Å²) < 4.78 is 6.73. The molecule has 1 aliphatic rings. The molecule has 4 N–H and O–H groups in total. The minimum absolute atomic E-state index is 0.0314. The number of aliphatic imine (C=N–C) groups is 1. The molecule has 1 unspecified atom stereocenters. The Kier molecular flexibility index (Phi) is 7.25. The van der Waals surface area contributed by atoms with Crippen LogP contribution in [0.5, 0.6) is 0 Å². The average molecular weight is 392 g/mol. The number of benzene rings is 1. The number of anilines is 1. The molecule has 0 bridgehead atoms. The predicted octanol–water partition coefficient (Wildman–Crippen LogP) is 2.05. The predicted molar refractivity (Wildman–Crippen MR) is 112 cm³/mol. The van der Waals surface area contributed by atoms with Crippen LogP contribution >= 0.6 is 11.3 Å². The molecule has 148 valence electrons. The lowest BCUT2D eigenvalue weighted by molar-refractivity contribution is 0.131. The van der Waals surface area contributed by atoms with E-state index in [9.17, 15) is 5.11 Å². The van der Waals surface area contributed by atoms with Crippen molar-refractivity contribution in [3.05, 3.63) is 24.3 Å². The topological polar surface area (TPSA) is 90.8 Å². The van der Waals surface area contributed by atoms with Gasteiger partial charge in [-0.05, 0) is 31.9 Å². The molecule has 0 amide bonds.